The second-order valence-electron chi connectivity index (χ2n) is 2.03. The molecular formula is C6H15NS2. The van der Waals surface area contributed by atoms with Gasteiger partial charge in [0.05, 0.1) is 0 Å². The first kappa shape index (κ1) is 9.66. The summed E-state index contributed by atoms with van der Waals surface area (Å²) in [5.74, 6) is 2.46. The average Bonchev–Trinajstić information content (AvgIpc) is 1.80. The number of nitrogens with zero attached hydrogens (tertiary/aromatic N) is 1. The topological polar surface area (TPSA) is 3.24 Å². The van der Waals surface area contributed by atoms with E-state index in [4.69, 9.17) is 0 Å². The van der Waals surface area contributed by atoms with Crippen molar-refractivity contribution in [2.24, 2.45) is 0 Å². The van der Waals surface area contributed by atoms with E-state index in [9.17, 15) is 0 Å². The van der Waals surface area contributed by atoms with Crippen LogP contribution in [0.25, 0.3) is 0 Å². The lowest BCUT2D eigenvalue weighted by molar-refractivity contribution is 0.438. The van der Waals surface area contributed by atoms with Crippen LogP contribution < -0.4 is 0 Å². The SMILES string of the molecule is CCSSCCN(C)C. The summed E-state index contributed by atoms with van der Waals surface area (Å²) < 4.78 is 0. The Balaban J connectivity index is 2.75. The molecule has 56 valence electrons. The van der Waals surface area contributed by atoms with Gasteiger partial charge in [-0.3, -0.25) is 0 Å². The van der Waals surface area contributed by atoms with Gasteiger partial charge in [-0.25, -0.2) is 0 Å². The summed E-state index contributed by atoms with van der Waals surface area (Å²) in [5, 5.41) is 0. The molecule has 0 bridgehead atoms. The van der Waals surface area contributed by atoms with Crippen LogP contribution in [0, 0.1) is 0 Å². The summed E-state index contributed by atoms with van der Waals surface area (Å²) in [7, 11) is 8.11. The first-order chi connectivity index (χ1) is 4.27. The van der Waals surface area contributed by atoms with E-state index in [1.807, 2.05) is 21.6 Å². The van der Waals surface area contributed by atoms with Gasteiger partial charge in [-0.1, -0.05) is 28.5 Å². The third-order valence-electron chi connectivity index (χ3n) is 0.823. The van der Waals surface area contributed by atoms with Crippen molar-refractivity contribution < 1.29 is 0 Å². The lowest BCUT2D eigenvalue weighted by atomic mass is 10.7. The van der Waals surface area contributed by atoms with Crippen LogP contribution in [0.2, 0.25) is 0 Å². The summed E-state index contributed by atoms with van der Waals surface area (Å²) in [6, 6.07) is 0. The Morgan fingerprint density at radius 1 is 1.22 bits per heavy atom. The highest BCUT2D eigenvalue weighted by atomic mass is 33.1. The van der Waals surface area contributed by atoms with Gasteiger partial charge in [0.2, 0.25) is 0 Å². The van der Waals surface area contributed by atoms with Crippen LogP contribution >= 0.6 is 21.6 Å². The smallest absolute Gasteiger partial charge is 0.0165 e. The van der Waals surface area contributed by atoms with Crippen molar-refractivity contribution in [3.63, 3.8) is 0 Å². The Labute approximate surface area is 66.0 Å². The van der Waals surface area contributed by atoms with Crippen LogP contribution in [0.1, 0.15) is 6.92 Å². The molecule has 0 rings (SSSR count). The van der Waals surface area contributed by atoms with Crippen LogP contribution in [-0.4, -0.2) is 37.0 Å². The third-order valence-corrected chi connectivity index (χ3v) is 3.28. The molecule has 0 atom stereocenters. The minimum Gasteiger partial charge on any atom is -0.309 e. The quantitative estimate of drug-likeness (QED) is 0.453. The van der Waals surface area contributed by atoms with E-state index in [2.05, 4.69) is 25.9 Å². The van der Waals surface area contributed by atoms with Crippen LogP contribution in [0.3, 0.4) is 0 Å². The molecule has 0 spiro atoms. The van der Waals surface area contributed by atoms with E-state index < -0.39 is 0 Å². The summed E-state index contributed by atoms with van der Waals surface area (Å²) >= 11 is 0. The molecule has 3 heteroatoms. The molecule has 0 amide bonds. The minimum atomic E-state index is 1.19. The lowest BCUT2D eigenvalue weighted by Crippen LogP contribution is -2.14. The van der Waals surface area contributed by atoms with Gasteiger partial charge in [0.15, 0.2) is 0 Å². The van der Waals surface area contributed by atoms with Crippen molar-refractivity contribution >= 4 is 21.6 Å². The van der Waals surface area contributed by atoms with Crippen LogP contribution in [-0.2, 0) is 0 Å². The molecule has 0 aromatic heterocycles. The van der Waals surface area contributed by atoms with Gasteiger partial charge in [0, 0.05) is 18.1 Å². The molecule has 0 aliphatic heterocycles. The van der Waals surface area contributed by atoms with Crippen molar-refractivity contribution in [3.05, 3.63) is 0 Å². The maximum absolute atomic E-state index is 2.21. The molecule has 9 heavy (non-hydrogen) atoms. The fraction of sp³-hybridized carbons (Fsp3) is 1.00. The molecule has 0 aliphatic rings. The highest BCUT2D eigenvalue weighted by molar-refractivity contribution is 8.76. The van der Waals surface area contributed by atoms with Crippen molar-refractivity contribution in [3.8, 4) is 0 Å². The van der Waals surface area contributed by atoms with Gasteiger partial charge < -0.3 is 4.90 Å². The number of hydrogen-bond donors (Lipinski definition) is 0. The Kier molecular flexibility index (Phi) is 7.27. The van der Waals surface area contributed by atoms with Crippen molar-refractivity contribution in [1.82, 2.24) is 4.90 Å². The largest absolute Gasteiger partial charge is 0.309 e. The first-order valence-corrected chi connectivity index (χ1v) is 5.65. The van der Waals surface area contributed by atoms with Crippen LogP contribution in [0.4, 0.5) is 0 Å². The monoisotopic (exact) mass is 165 g/mol. The molecule has 0 saturated carbocycles. The standard InChI is InChI=1S/C6H15NS2/c1-4-8-9-6-5-7(2)3/h4-6H2,1-3H3. The maximum Gasteiger partial charge on any atom is 0.0165 e. The van der Waals surface area contributed by atoms with Crippen LogP contribution in [0.15, 0.2) is 0 Å². The highest BCUT2D eigenvalue weighted by Gasteiger charge is 1.89. The zero-order valence-electron chi connectivity index (χ0n) is 6.39. The molecule has 0 unspecified atom stereocenters. The Morgan fingerprint density at radius 2 is 1.89 bits per heavy atom. The van der Waals surface area contributed by atoms with Gasteiger partial charge in [0.1, 0.15) is 0 Å². The number of hydrogen-bond acceptors (Lipinski definition) is 3. The Bertz CT molecular complexity index is 57.0. The molecular weight excluding hydrogens is 150 g/mol. The number of rotatable bonds is 5. The van der Waals surface area contributed by atoms with E-state index in [0.29, 0.717) is 0 Å². The molecule has 0 aromatic carbocycles. The molecule has 0 heterocycles. The van der Waals surface area contributed by atoms with Crippen molar-refractivity contribution in [2.75, 3.05) is 32.1 Å². The Morgan fingerprint density at radius 3 is 2.33 bits per heavy atom. The lowest BCUT2D eigenvalue weighted by Gasteiger charge is -2.06. The maximum atomic E-state index is 2.21. The van der Waals surface area contributed by atoms with Gasteiger partial charge in [-0.05, 0) is 14.1 Å². The predicted molar refractivity (Wildman–Crippen MR) is 49.1 cm³/mol. The zero-order valence-corrected chi connectivity index (χ0v) is 8.02. The van der Waals surface area contributed by atoms with Gasteiger partial charge in [-0.2, -0.15) is 0 Å². The third kappa shape index (κ3) is 8.66. The average molecular weight is 165 g/mol. The molecule has 0 aromatic rings. The van der Waals surface area contributed by atoms with Gasteiger partial charge >= 0.3 is 0 Å². The van der Waals surface area contributed by atoms with Crippen LogP contribution in [0.5, 0.6) is 0 Å². The first-order valence-electron chi connectivity index (χ1n) is 3.16. The van der Waals surface area contributed by atoms with Crippen molar-refractivity contribution in [2.45, 2.75) is 6.92 Å². The molecule has 1 nitrogen and oxygen atoms in total. The summed E-state index contributed by atoms with van der Waals surface area (Å²) in [6.07, 6.45) is 0. The van der Waals surface area contributed by atoms with E-state index in [0.717, 1.165) is 0 Å². The molecule has 0 fully saturated rings. The highest BCUT2D eigenvalue weighted by Crippen LogP contribution is 2.19. The van der Waals surface area contributed by atoms with E-state index in [1.165, 1.54) is 18.1 Å². The van der Waals surface area contributed by atoms with Gasteiger partial charge in [-0.15, -0.1) is 0 Å². The second kappa shape index (κ2) is 6.78. The van der Waals surface area contributed by atoms with E-state index >= 15 is 0 Å². The fourth-order valence-electron chi connectivity index (χ4n) is 0.362. The molecule has 0 radical (unpaired) electrons. The fourth-order valence-corrected chi connectivity index (χ4v) is 2.16. The minimum absolute atomic E-state index is 1.19. The second-order valence-corrected chi connectivity index (χ2v) is 4.90. The zero-order chi connectivity index (χ0) is 7.11. The Hall–Kier alpha value is 0.660. The van der Waals surface area contributed by atoms with E-state index in [1.54, 1.807) is 0 Å². The molecule has 0 aliphatic carbocycles. The normalized spacial score (nSPS) is 10.7. The predicted octanol–water partition coefficient (Wildman–Crippen LogP) is 1.95. The summed E-state index contributed by atoms with van der Waals surface area (Å²) in [6.45, 7) is 3.38. The van der Waals surface area contributed by atoms with Gasteiger partial charge in [0.25, 0.3) is 0 Å². The van der Waals surface area contributed by atoms with E-state index in [-0.39, 0.29) is 0 Å². The molecule has 0 N–H and O–H groups in total. The summed E-state index contributed by atoms with van der Waals surface area (Å²) in [4.78, 5) is 2.21. The molecule has 0 saturated heterocycles. The summed E-state index contributed by atoms with van der Waals surface area (Å²) in [5.41, 5.74) is 0. The van der Waals surface area contributed by atoms with Crippen molar-refractivity contribution in [1.29, 1.82) is 0 Å².